The first-order chi connectivity index (χ1) is 22.2. The molecule has 4 rings (SSSR count). The number of hydrogen-bond donors (Lipinski definition) is 5. The van der Waals surface area contributed by atoms with Crippen LogP contribution in [0.15, 0.2) is 54.4 Å². The minimum Gasteiger partial charge on any atom is -0.403 e. The van der Waals surface area contributed by atoms with E-state index in [1.54, 1.807) is 18.2 Å². The molecule has 7 N–H and O–H groups in total. The van der Waals surface area contributed by atoms with Gasteiger partial charge in [-0.2, -0.15) is 0 Å². The third-order valence-electron chi connectivity index (χ3n) is 8.70. The molecule has 3 amide bonds. The highest BCUT2D eigenvalue weighted by Crippen LogP contribution is 2.33. The fraction of sp³-hybridized carbons (Fsp3) is 0.455. The van der Waals surface area contributed by atoms with E-state index in [1.807, 2.05) is 24.3 Å². The summed E-state index contributed by atoms with van der Waals surface area (Å²) in [5.74, 6) is 3.79. The van der Waals surface area contributed by atoms with Crippen molar-refractivity contribution in [1.82, 2.24) is 20.5 Å². The number of carbonyl (C=O) groups is 6. The molecule has 2 fully saturated rings. The van der Waals surface area contributed by atoms with Crippen LogP contribution in [0.4, 0.5) is 0 Å². The summed E-state index contributed by atoms with van der Waals surface area (Å²) in [5, 5.41) is 17.6. The quantitative estimate of drug-likeness (QED) is 0.140. The number of amides is 3. The number of benzene rings is 2. The number of hydrogen-bond acceptors (Lipinski definition) is 11. The maximum absolute atomic E-state index is 14.0. The number of thioether (sulfide) groups is 1. The smallest absolute Gasteiger partial charge is 0.265 e. The van der Waals surface area contributed by atoms with E-state index in [2.05, 4.69) is 10.6 Å². The summed E-state index contributed by atoms with van der Waals surface area (Å²) in [7, 11) is 0. The summed E-state index contributed by atoms with van der Waals surface area (Å²) in [6, 6.07) is 10.9. The Morgan fingerprint density at radius 3 is 2.34 bits per heavy atom. The van der Waals surface area contributed by atoms with Crippen LogP contribution >= 0.6 is 11.8 Å². The number of nitrogens with one attached hydrogen (secondary N) is 2. The molecule has 252 valence electrons. The zero-order chi connectivity index (χ0) is 34.5. The summed E-state index contributed by atoms with van der Waals surface area (Å²) in [4.78, 5) is 79.6. The fourth-order valence-electron chi connectivity index (χ4n) is 6.29. The van der Waals surface area contributed by atoms with Crippen LogP contribution in [0.3, 0.4) is 0 Å². The second-order valence-corrected chi connectivity index (χ2v) is 13.7. The molecule has 0 aromatic heterocycles. The van der Waals surface area contributed by atoms with Crippen LogP contribution in [0.5, 0.6) is 0 Å². The number of nitrogens with two attached hydrogens (primary N) is 2. The highest BCUT2D eigenvalue weighted by molar-refractivity contribution is 8.27. The topological polar surface area (TPSA) is 205 Å². The summed E-state index contributed by atoms with van der Waals surface area (Å²) in [5.41, 5.74) is 3.32. The van der Waals surface area contributed by atoms with Crippen LogP contribution < -0.4 is 22.2 Å². The molecule has 1 saturated carbocycles. The Balaban J connectivity index is 1.57. The molecule has 1 heterocycles. The van der Waals surface area contributed by atoms with Crippen molar-refractivity contribution in [3.05, 3.63) is 59.9 Å². The first-order valence-electron chi connectivity index (χ1n) is 15.5. The predicted octanol–water partition coefficient (Wildman–Crippen LogP) is 1.48. The summed E-state index contributed by atoms with van der Waals surface area (Å²) >= 11 is 0.291. The summed E-state index contributed by atoms with van der Waals surface area (Å²) in [6.45, 7) is 3.66. The molecule has 2 atom stereocenters. The number of rotatable bonds is 10. The minimum atomic E-state index is -1.52. The number of ketones is 1. The second-order valence-electron chi connectivity index (χ2n) is 12.6. The molecule has 0 radical (unpaired) electrons. The van der Waals surface area contributed by atoms with Gasteiger partial charge in [0.2, 0.25) is 17.6 Å². The first-order valence-corrected chi connectivity index (χ1v) is 16.3. The average Bonchev–Trinajstić information content (AvgIpc) is 3.49. The van der Waals surface area contributed by atoms with Gasteiger partial charge in [0.25, 0.3) is 11.0 Å². The molecule has 0 bridgehead atoms. The van der Waals surface area contributed by atoms with Gasteiger partial charge in [-0.25, -0.2) is 5.84 Å². The lowest BCUT2D eigenvalue weighted by Gasteiger charge is -2.37. The molecule has 13 nitrogen and oxygen atoms in total. The zero-order valence-corrected chi connectivity index (χ0v) is 27.6. The van der Waals surface area contributed by atoms with Crippen LogP contribution in [0, 0.1) is 0 Å². The van der Waals surface area contributed by atoms with Crippen molar-refractivity contribution in [2.24, 2.45) is 11.6 Å². The van der Waals surface area contributed by atoms with Crippen molar-refractivity contribution < 1.29 is 33.9 Å². The van der Waals surface area contributed by atoms with Crippen molar-refractivity contribution in [2.75, 3.05) is 13.1 Å². The monoisotopic (exact) mass is 666 g/mol. The van der Waals surface area contributed by atoms with Gasteiger partial charge in [0, 0.05) is 31.7 Å². The van der Waals surface area contributed by atoms with Crippen molar-refractivity contribution in [2.45, 2.75) is 82.5 Å². The number of aliphatic hydroxyl groups is 1. The van der Waals surface area contributed by atoms with Gasteiger partial charge in [-0.15, -0.1) is 0 Å². The lowest BCUT2D eigenvalue weighted by Crippen LogP contribution is -2.61. The normalized spacial score (nSPS) is 19.6. The van der Waals surface area contributed by atoms with Gasteiger partial charge in [0.1, 0.15) is 17.2 Å². The van der Waals surface area contributed by atoms with Crippen LogP contribution in [-0.4, -0.2) is 85.1 Å². The van der Waals surface area contributed by atoms with E-state index in [4.69, 9.17) is 11.6 Å². The molecular weight excluding hydrogens is 624 g/mol. The Morgan fingerprint density at radius 1 is 1.06 bits per heavy atom. The molecule has 14 heteroatoms. The molecular formula is C33H42N6O7S. The summed E-state index contributed by atoms with van der Waals surface area (Å²) < 4.78 is 0. The van der Waals surface area contributed by atoms with Gasteiger partial charge in [-0.3, -0.25) is 28.8 Å². The predicted molar refractivity (Wildman–Crippen MR) is 177 cm³/mol. The SMILES string of the molecule is CC(=O)SC(=O)C(=O)C1(NC(=O)C2CC(N(N)/C(=C\N)C(C)(C)O)CN2C(=O)CNC(=O)c2ccc3ccccc3c2)CCCCC1. The molecule has 2 aromatic carbocycles. The molecule has 2 aromatic rings. The Hall–Kier alpha value is -4.27. The molecule has 1 aliphatic carbocycles. The van der Waals surface area contributed by atoms with Gasteiger partial charge in [-0.1, -0.05) is 49.6 Å². The van der Waals surface area contributed by atoms with Crippen LogP contribution in [-0.2, 0) is 24.0 Å². The third kappa shape index (κ3) is 8.18. The number of carbonyl (C=O) groups excluding carboxylic acids is 6. The highest BCUT2D eigenvalue weighted by atomic mass is 32.2. The Labute approximate surface area is 277 Å². The number of Topliss-reactive ketones (excluding diaryl/α,β-unsaturated/α-hetero) is 1. The van der Waals surface area contributed by atoms with Crippen molar-refractivity contribution in [1.29, 1.82) is 0 Å². The number of likely N-dealkylation sites (tertiary alicyclic amines) is 1. The van der Waals surface area contributed by atoms with E-state index in [-0.39, 0.29) is 31.5 Å². The minimum absolute atomic E-state index is 0.000523. The molecule has 1 saturated heterocycles. The average molecular weight is 667 g/mol. The summed E-state index contributed by atoms with van der Waals surface area (Å²) in [6.07, 6.45) is 3.52. The molecule has 1 aliphatic heterocycles. The van der Waals surface area contributed by atoms with Crippen LogP contribution in [0.1, 0.15) is 69.7 Å². The van der Waals surface area contributed by atoms with Gasteiger partial charge in [0.05, 0.1) is 18.3 Å². The van der Waals surface area contributed by atoms with Crippen LogP contribution in [0.2, 0.25) is 0 Å². The Kier molecular flexibility index (Phi) is 11.1. The molecule has 0 spiro atoms. The van der Waals surface area contributed by atoms with E-state index in [0.29, 0.717) is 30.2 Å². The zero-order valence-electron chi connectivity index (χ0n) is 26.8. The highest BCUT2D eigenvalue weighted by Gasteiger charge is 2.49. The van der Waals surface area contributed by atoms with Crippen LogP contribution in [0.25, 0.3) is 10.8 Å². The van der Waals surface area contributed by atoms with Gasteiger partial charge >= 0.3 is 0 Å². The Bertz CT molecular complexity index is 1600. The molecule has 2 unspecified atom stereocenters. The van der Waals surface area contributed by atoms with Gasteiger partial charge in [0.15, 0.2) is 5.12 Å². The van der Waals surface area contributed by atoms with E-state index < -0.39 is 63.5 Å². The van der Waals surface area contributed by atoms with Crippen molar-refractivity contribution in [3.63, 3.8) is 0 Å². The fourth-order valence-corrected chi connectivity index (χ4v) is 6.84. The lowest BCUT2D eigenvalue weighted by molar-refractivity contribution is -0.143. The largest absolute Gasteiger partial charge is 0.403 e. The van der Waals surface area contributed by atoms with E-state index in [9.17, 15) is 33.9 Å². The molecule has 47 heavy (non-hydrogen) atoms. The second kappa shape index (κ2) is 14.7. The van der Waals surface area contributed by atoms with E-state index >= 15 is 0 Å². The first kappa shape index (κ1) is 35.6. The number of nitrogens with zero attached hydrogens (tertiary/aromatic N) is 2. The maximum Gasteiger partial charge on any atom is 0.265 e. The Morgan fingerprint density at radius 2 is 1.72 bits per heavy atom. The van der Waals surface area contributed by atoms with E-state index in [1.165, 1.54) is 30.7 Å². The third-order valence-corrected chi connectivity index (χ3v) is 9.35. The lowest BCUT2D eigenvalue weighted by atomic mass is 9.78. The molecule has 2 aliphatic rings. The van der Waals surface area contributed by atoms with E-state index in [0.717, 1.165) is 23.4 Å². The van der Waals surface area contributed by atoms with Gasteiger partial charge in [-0.05, 0) is 61.4 Å². The van der Waals surface area contributed by atoms with Crippen molar-refractivity contribution >= 4 is 56.3 Å². The van der Waals surface area contributed by atoms with Gasteiger partial charge < -0.3 is 31.4 Å². The number of hydrazine groups is 1. The van der Waals surface area contributed by atoms with Crippen molar-refractivity contribution in [3.8, 4) is 0 Å². The maximum atomic E-state index is 14.0. The standard InChI is InChI=1S/C33H42N6O7S/c1-20(40)47-31(45)28(42)33(13-7-4-8-14-33)37-30(44)25-16-24(39(35)26(17-34)32(2,3)46)19-38(25)27(41)18-36-29(43)23-12-11-21-9-5-6-10-22(21)15-23/h5-6,9-12,15,17,24-25,46H,4,7-8,13-14,16,18-19,34-35H2,1-3H3,(H,36,43)(H,37,44)/b26-17-. The number of fused-ring (bicyclic) bond motifs is 1.